The molecule has 116 valence electrons. The van der Waals surface area contributed by atoms with Crippen molar-refractivity contribution in [3.05, 3.63) is 29.3 Å². The lowest BCUT2D eigenvalue weighted by atomic mass is 9.98. The molecule has 0 radical (unpaired) electrons. The number of anilines is 1. The first kappa shape index (κ1) is 17.0. The third-order valence-corrected chi connectivity index (χ3v) is 3.42. The monoisotopic (exact) mass is 292 g/mol. The van der Waals surface area contributed by atoms with Gasteiger partial charge in [0.2, 0.25) is 0 Å². The molecule has 1 aromatic rings. The summed E-state index contributed by atoms with van der Waals surface area (Å²) in [5.41, 5.74) is 2.91. The first-order valence-corrected chi connectivity index (χ1v) is 7.24. The number of hydrogen-bond acceptors (Lipinski definition) is 2. The molecular weight excluding hydrogens is 268 g/mol. The Morgan fingerprint density at radius 1 is 1.33 bits per heavy atom. The van der Waals surface area contributed by atoms with E-state index in [1.807, 2.05) is 32.0 Å². The van der Waals surface area contributed by atoms with E-state index in [9.17, 15) is 9.59 Å². The fourth-order valence-corrected chi connectivity index (χ4v) is 2.16. The summed E-state index contributed by atoms with van der Waals surface area (Å²) in [5.74, 6) is -0.602. The summed E-state index contributed by atoms with van der Waals surface area (Å²) in [7, 11) is 0. The number of carboxylic acids is 1. The minimum atomic E-state index is -0.903. The van der Waals surface area contributed by atoms with Crippen LogP contribution >= 0.6 is 0 Å². The fraction of sp³-hybridized carbons (Fsp3) is 0.500. The molecule has 0 aliphatic rings. The number of nitrogens with one attached hydrogen (secondary N) is 1. The molecule has 0 saturated heterocycles. The van der Waals surface area contributed by atoms with E-state index >= 15 is 0 Å². The van der Waals surface area contributed by atoms with E-state index in [4.69, 9.17) is 5.11 Å². The largest absolute Gasteiger partial charge is 0.481 e. The average Bonchev–Trinajstić information content (AvgIpc) is 2.41. The molecule has 0 spiro atoms. The standard InChI is InChI=1S/C16H24N2O3/c1-5-18(10-9-14(19)20)16(21)17-15-12(4)7-6-8-13(15)11(2)3/h6-8,11H,5,9-10H2,1-4H3,(H,17,21)(H,19,20). The Labute approximate surface area is 126 Å². The first-order valence-electron chi connectivity index (χ1n) is 7.24. The van der Waals surface area contributed by atoms with E-state index in [0.717, 1.165) is 16.8 Å². The highest BCUT2D eigenvalue weighted by Gasteiger charge is 2.16. The van der Waals surface area contributed by atoms with Crippen molar-refractivity contribution < 1.29 is 14.7 Å². The summed E-state index contributed by atoms with van der Waals surface area (Å²) in [4.78, 5) is 24.4. The van der Waals surface area contributed by atoms with Crippen molar-refractivity contribution >= 4 is 17.7 Å². The Kier molecular flexibility index (Phi) is 6.21. The lowest BCUT2D eigenvalue weighted by molar-refractivity contribution is -0.137. The maximum absolute atomic E-state index is 12.3. The molecule has 5 heteroatoms. The third kappa shape index (κ3) is 4.77. The highest BCUT2D eigenvalue weighted by Crippen LogP contribution is 2.27. The van der Waals surface area contributed by atoms with Crippen molar-refractivity contribution in [3.8, 4) is 0 Å². The summed E-state index contributed by atoms with van der Waals surface area (Å²) < 4.78 is 0. The summed E-state index contributed by atoms with van der Waals surface area (Å²) in [5, 5.41) is 11.7. The van der Waals surface area contributed by atoms with Crippen LogP contribution in [0.25, 0.3) is 0 Å². The molecule has 0 fully saturated rings. The number of carbonyl (C=O) groups excluding carboxylic acids is 1. The molecule has 0 aliphatic heterocycles. The number of urea groups is 1. The number of carboxylic acid groups (broad SMARTS) is 1. The van der Waals surface area contributed by atoms with Gasteiger partial charge in [0.1, 0.15) is 0 Å². The number of rotatable bonds is 6. The predicted molar refractivity (Wildman–Crippen MR) is 83.8 cm³/mol. The normalized spacial score (nSPS) is 10.5. The summed E-state index contributed by atoms with van der Waals surface area (Å²) in [6.07, 6.45) is -0.0495. The molecule has 21 heavy (non-hydrogen) atoms. The van der Waals surface area contributed by atoms with Gasteiger partial charge in [-0.1, -0.05) is 32.0 Å². The number of hydrogen-bond donors (Lipinski definition) is 2. The molecular formula is C16H24N2O3. The van der Waals surface area contributed by atoms with Gasteiger partial charge in [0.15, 0.2) is 0 Å². The van der Waals surface area contributed by atoms with E-state index in [-0.39, 0.29) is 19.0 Å². The van der Waals surface area contributed by atoms with Crippen molar-refractivity contribution in [2.24, 2.45) is 0 Å². The molecule has 5 nitrogen and oxygen atoms in total. The molecule has 1 aromatic carbocycles. The number of aliphatic carboxylic acids is 1. The van der Waals surface area contributed by atoms with Gasteiger partial charge < -0.3 is 15.3 Å². The molecule has 0 aromatic heterocycles. The Morgan fingerprint density at radius 3 is 2.52 bits per heavy atom. The van der Waals surface area contributed by atoms with Crippen molar-refractivity contribution in [1.82, 2.24) is 4.90 Å². The minimum Gasteiger partial charge on any atom is -0.481 e. The highest BCUT2D eigenvalue weighted by atomic mass is 16.4. The zero-order chi connectivity index (χ0) is 16.0. The van der Waals surface area contributed by atoms with Gasteiger partial charge in [-0.25, -0.2) is 4.79 Å². The summed E-state index contributed by atoms with van der Waals surface area (Å²) in [6.45, 7) is 8.62. The van der Waals surface area contributed by atoms with Gasteiger partial charge in [0, 0.05) is 18.8 Å². The summed E-state index contributed by atoms with van der Waals surface area (Å²) >= 11 is 0. The van der Waals surface area contributed by atoms with E-state index < -0.39 is 5.97 Å². The molecule has 1 rings (SSSR count). The van der Waals surface area contributed by atoms with Gasteiger partial charge in [-0.15, -0.1) is 0 Å². The zero-order valence-electron chi connectivity index (χ0n) is 13.1. The quantitative estimate of drug-likeness (QED) is 0.843. The second-order valence-electron chi connectivity index (χ2n) is 5.35. The van der Waals surface area contributed by atoms with Crippen LogP contribution in [0.1, 0.15) is 44.2 Å². The summed E-state index contributed by atoms with van der Waals surface area (Å²) in [6, 6.07) is 5.67. The topological polar surface area (TPSA) is 69.6 Å². The van der Waals surface area contributed by atoms with Gasteiger partial charge >= 0.3 is 12.0 Å². The number of nitrogens with zero attached hydrogens (tertiary/aromatic N) is 1. The zero-order valence-corrected chi connectivity index (χ0v) is 13.1. The second kappa shape index (κ2) is 7.67. The molecule has 0 aliphatic carbocycles. The SMILES string of the molecule is CCN(CCC(=O)O)C(=O)Nc1c(C)cccc1C(C)C. The molecule has 0 atom stereocenters. The number of benzene rings is 1. The van der Waals surface area contributed by atoms with Crippen LogP contribution in [0.4, 0.5) is 10.5 Å². The Bertz CT molecular complexity index is 512. The van der Waals surface area contributed by atoms with Gasteiger partial charge in [-0.2, -0.15) is 0 Å². The van der Waals surface area contributed by atoms with Gasteiger partial charge in [-0.3, -0.25) is 4.79 Å². The van der Waals surface area contributed by atoms with Crippen molar-refractivity contribution in [1.29, 1.82) is 0 Å². The van der Waals surface area contributed by atoms with E-state index in [0.29, 0.717) is 12.5 Å². The van der Waals surface area contributed by atoms with Crippen molar-refractivity contribution in [2.45, 2.75) is 40.0 Å². The number of aryl methyl sites for hydroxylation is 1. The molecule has 0 unspecified atom stereocenters. The second-order valence-corrected chi connectivity index (χ2v) is 5.35. The third-order valence-electron chi connectivity index (χ3n) is 3.42. The van der Waals surface area contributed by atoms with Crippen LogP contribution in [0.5, 0.6) is 0 Å². The Balaban J connectivity index is 2.89. The van der Waals surface area contributed by atoms with Crippen molar-refractivity contribution in [2.75, 3.05) is 18.4 Å². The van der Waals surface area contributed by atoms with E-state index in [1.165, 1.54) is 4.90 Å². The lowest BCUT2D eigenvalue weighted by Crippen LogP contribution is -2.36. The molecule has 2 amide bonds. The predicted octanol–water partition coefficient (Wildman–Crippen LogP) is 3.45. The fourth-order valence-electron chi connectivity index (χ4n) is 2.16. The van der Waals surface area contributed by atoms with Crippen LogP contribution in [0.2, 0.25) is 0 Å². The lowest BCUT2D eigenvalue weighted by Gasteiger charge is -2.23. The average molecular weight is 292 g/mol. The number of para-hydroxylation sites is 1. The van der Waals surface area contributed by atoms with Crippen LogP contribution in [0, 0.1) is 6.92 Å². The molecule has 0 heterocycles. The molecule has 2 N–H and O–H groups in total. The highest BCUT2D eigenvalue weighted by molar-refractivity contribution is 5.91. The Hall–Kier alpha value is -2.04. The number of carbonyl (C=O) groups is 2. The smallest absolute Gasteiger partial charge is 0.321 e. The Morgan fingerprint density at radius 2 is 2.00 bits per heavy atom. The first-order chi connectivity index (χ1) is 9.86. The van der Waals surface area contributed by atoms with E-state index in [2.05, 4.69) is 19.2 Å². The van der Waals surface area contributed by atoms with Crippen LogP contribution in [-0.4, -0.2) is 35.1 Å². The van der Waals surface area contributed by atoms with Gasteiger partial charge in [-0.05, 0) is 30.9 Å². The van der Waals surface area contributed by atoms with Gasteiger partial charge in [0.25, 0.3) is 0 Å². The minimum absolute atomic E-state index is 0.0495. The maximum Gasteiger partial charge on any atom is 0.321 e. The van der Waals surface area contributed by atoms with Crippen LogP contribution < -0.4 is 5.32 Å². The maximum atomic E-state index is 12.3. The van der Waals surface area contributed by atoms with Crippen LogP contribution in [0.3, 0.4) is 0 Å². The number of amides is 2. The van der Waals surface area contributed by atoms with Crippen LogP contribution in [0.15, 0.2) is 18.2 Å². The molecule has 0 bridgehead atoms. The van der Waals surface area contributed by atoms with Crippen LogP contribution in [-0.2, 0) is 4.79 Å². The molecule has 0 saturated carbocycles. The van der Waals surface area contributed by atoms with E-state index in [1.54, 1.807) is 0 Å². The van der Waals surface area contributed by atoms with Crippen molar-refractivity contribution in [3.63, 3.8) is 0 Å². The van der Waals surface area contributed by atoms with Gasteiger partial charge in [0.05, 0.1) is 6.42 Å².